The van der Waals surface area contributed by atoms with Gasteiger partial charge in [-0.15, -0.1) is 11.3 Å². The quantitative estimate of drug-likeness (QED) is 0.168. The second-order valence-electron chi connectivity index (χ2n) is 10.6. The number of aryl methyl sites for hydroxylation is 4. The van der Waals surface area contributed by atoms with E-state index in [0.29, 0.717) is 33.7 Å². The summed E-state index contributed by atoms with van der Waals surface area (Å²) in [4.78, 5) is 36.3. The maximum Gasteiger partial charge on any atom is 0.267 e. The van der Waals surface area contributed by atoms with Crippen LogP contribution >= 0.6 is 34.7 Å². The molecule has 0 saturated carbocycles. The van der Waals surface area contributed by atoms with Crippen molar-refractivity contribution in [3.05, 3.63) is 78.9 Å². The van der Waals surface area contributed by atoms with E-state index in [0.717, 1.165) is 52.0 Å². The summed E-state index contributed by atoms with van der Waals surface area (Å²) in [6.45, 7) is 8.44. The molecule has 1 atom stereocenters. The number of hydrogen-bond acceptors (Lipinski definition) is 6. The highest BCUT2D eigenvalue weighted by molar-refractivity contribution is 7.99. The number of anilines is 1. The van der Waals surface area contributed by atoms with E-state index in [-0.39, 0.29) is 23.6 Å². The fourth-order valence-corrected chi connectivity index (χ4v) is 7.77. The Morgan fingerprint density at radius 1 is 1.23 bits per heavy atom. The second-order valence-corrected chi connectivity index (χ2v) is 13.0. The van der Waals surface area contributed by atoms with E-state index in [9.17, 15) is 14.9 Å². The Bertz CT molecular complexity index is 1700. The lowest BCUT2D eigenvalue weighted by Gasteiger charge is -2.23. The number of nitrogens with zero attached hydrogens (tertiary/aromatic N) is 4. The van der Waals surface area contributed by atoms with Crippen LogP contribution in [0.5, 0.6) is 0 Å². The first kappa shape index (κ1) is 28.4. The molecule has 6 nitrogen and oxygen atoms in total. The first-order chi connectivity index (χ1) is 19.2. The first-order valence-electron chi connectivity index (χ1n) is 13.4. The van der Waals surface area contributed by atoms with Gasteiger partial charge in [0.25, 0.3) is 5.56 Å². The van der Waals surface area contributed by atoms with Crippen molar-refractivity contribution < 1.29 is 4.79 Å². The largest absolute Gasteiger partial charge is 0.311 e. The van der Waals surface area contributed by atoms with Crippen molar-refractivity contribution in [1.82, 2.24) is 9.55 Å². The van der Waals surface area contributed by atoms with Gasteiger partial charge in [0.1, 0.15) is 4.83 Å². The summed E-state index contributed by atoms with van der Waals surface area (Å²) in [5.41, 5.74) is 5.40. The molecule has 40 heavy (non-hydrogen) atoms. The highest BCUT2D eigenvalue weighted by Crippen LogP contribution is 2.37. The van der Waals surface area contributed by atoms with E-state index in [4.69, 9.17) is 16.6 Å². The Morgan fingerprint density at radius 3 is 2.67 bits per heavy atom. The lowest BCUT2D eigenvalue weighted by atomic mass is 9.89. The van der Waals surface area contributed by atoms with Gasteiger partial charge >= 0.3 is 0 Å². The molecule has 206 valence electrons. The number of thiophene rings is 1. The van der Waals surface area contributed by atoms with Gasteiger partial charge in [-0.2, -0.15) is 5.26 Å². The maximum atomic E-state index is 14.1. The van der Waals surface area contributed by atoms with E-state index < -0.39 is 0 Å². The second kappa shape index (κ2) is 11.8. The summed E-state index contributed by atoms with van der Waals surface area (Å²) >= 11 is 9.32. The van der Waals surface area contributed by atoms with Crippen LogP contribution in [0.3, 0.4) is 0 Å². The number of halogens is 1. The minimum Gasteiger partial charge on any atom is -0.311 e. The molecule has 0 aliphatic heterocycles. The van der Waals surface area contributed by atoms with Crippen molar-refractivity contribution in [3.63, 3.8) is 0 Å². The van der Waals surface area contributed by atoms with Gasteiger partial charge in [0, 0.05) is 22.1 Å². The van der Waals surface area contributed by atoms with Crippen molar-refractivity contribution in [2.45, 2.75) is 58.5 Å². The predicted octanol–water partition coefficient (Wildman–Crippen LogP) is 7.19. The van der Waals surface area contributed by atoms with Crippen molar-refractivity contribution in [2.24, 2.45) is 5.92 Å². The van der Waals surface area contributed by atoms with Crippen LogP contribution in [0, 0.1) is 38.0 Å². The van der Waals surface area contributed by atoms with Crippen LogP contribution in [0.25, 0.3) is 15.9 Å². The number of carbonyl (C=O) groups is 1. The number of aromatic nitrogens is 2. The highest BCUT2D eigenvalue weighted by Gasteiger charge is 2.26. The number of fused-ring (bicyclic) bond motifs is 3. The molecule has 0 saturated heterocycles. The number of rotatable bonds is 7. The Labute approximate surface area is 247 Å². The third kappa shape index (κ3) is 5.69. The zero-order chi connectivity index (χ0) is 28.6. The predicted molar refractivity (Wildman–Crippen MR) is 165 cm³/mol. The Morgan fingerprint density at radius 2 is 1.98 bits per heavy atom. The average Bonchev–Trinajstić information content (AvgIpc) is 3.26. The van der Waals surface area contributed by atoms with Gasteiger partial charge in [0.05, 0.1) is 29.3 Å². The van der Waals surface area contributed by atoms with Crippen LogP contribution in [-0.2, 0) is 17.6 Å². The Balaban J connectivity index is 1.56. The summed E-state index contributed by atoms with van der Waals surface area (Å²) in [6, 6.07) is 13.7. The molecule has 9 heteroatoms. The molecule has 1 aliphatic carbocycles. The van der Waals surface area contributed by atoms with Gasteiger partial charge in [-0.05, 0) is 92.5 Å². The Hall–Kier alpha value is -3.12. The summed E-state index contributed by atoms with van der Waals surface area (Å²) in [5, 5.41) is 10.9. The maximum absolute atomic E-state index is 14.1. The number of thioether (sulfide) groups is 1. The van der Waals surface area contributed by atoms with Crippen LogP contribution in [0.15, 0.2) is 46.3 Å². The van der Waals surface area contributed by atoms with E-state index in [1.165, 1.54) is 16.6 Å². The molecule has 1 amide bonds. The highest BCUT2D eigenvalue weighted by atomic mass is 35.5. The average molecular weight is 591 g/mol. The smallest absolute Gasteiger partial charge is 0.267 e. The van der Waals surface area contributed by atoms with Crippen molar-refractivity contribution in [2.75, 3.05) is 17.2 Å². The molecule has 0 bridgehead atoms. The SMILES string of the molecule is Cc1cc(C)cc(N(CCC#N)C(=O)CSc2nc3sc4c(c3c(=O)n2-c2ccc(C)c(Cl)c2)CCC(C)C4)c1. The molecule has 0 fully saturated rings. The molecule has 4 aromatic rings. The molecular weight excluding hydrogens is 560 g/mol. The van der Waals surface area contributed by atoms with Crippen molar-refractivity contribution >= 4 is 56.5 Å². The number of hydrogen-bond donors (Lipinski definition) is 0. The molecule has 0 spiro atoms. The summed E-state index contributed by atoms with van der Waals surface area (Å²) in [6.07, 6.45) is 3.10. The number of benzene rings is 2. The van der Waals surface area contributed by atoms with Gasteiger partial charge in [-0.1, -0.05) is 42.4 Å². The summed E-state index contributed by atoms with van der Waals surface area (Å²) < 4.78 is 1.60. The first-order valence-corrected chi connectivity index (χ1v) is 15.6. The van der Waals surface area contributed by atoms with Crippen LogP contribution in [-0.4, -0.2) is 27.8 Å². The lowest BCUT2D eigenvalue weighted by molar-refractivity contribution is -0.116. The number of carbonyl (C=O) groups excluding carboxylic acids is 1. The Kier molecular flexibility index (Phi) is 8.37. The minimum absolute atomic E-state index is 0.0675. The lowest BCUT2D eigenvalue weighted by Crippen LogP contribution is -2.33. The minimum atomic E-state index is -0.146. The molecular formula is C31H31ClN4O2S2. The van der Waals surface area contributed by atoms with Crippen LogP contribution in [0.4, 0.5) is 5.69 Å². The molecule has 2 heterocycles. The summed E-state index contributed by atoms with van der Waals surface area (Å²) in [5.74, 6) is 0.500. The van der Waals surface area contributed by atoms with Gasteiger partial charge in [0.15, 0.2) is 5.16 Å². The number of amides is 1. The standard InChI is InChI=1S/C31H31ClN4O2S2/c1-18-6-9-24-26(15-18)40-29-28(24)30(38)36(22-8-7-21(4)25(32)16-22)31(34-29)39-17-27(37)35(11-5-10-33)23-13-19(2)12-20(3)14-23/h7-8,12-14,16,18H,5-6,9,11,15,17H2,1-4H3. The zero-order valence-electron chi connectivity index (χ0n) is 23.1. The van der Waals surface area contributed by atoms with Gasteiger partial charge in [0.2, 0.25) is 5.91 Å². The van der Waals surface area contributed by atoms with Crippen molar-refractivity contribution in [1.29, 1.82) is 5.26 Å². The van der Waals surface area contributed by atoms with Gasteiger partial charge < -0.3 is 4.90 Å². The topological polar surface area (TPSA) is 79.0 Å². The van der Waals surface area contributed by atoms with Crippen LogP contribution in [0.1, 0.15) is 46.9 Å². The third-order valence-electron chi connectivity index (χ3n) is 7.30. The summed E-state index contributed by atoms with van der Waals surface area (Å²) in [7, 11) is 0. The zero-order valence-corrected chi connectivity index (χ0v) is 25.5. The van der Waals surface area contributed by atoms with E-state index in [1.54, 1.807) is 26.9 Å². The van der Waals surface area contributed by atoms with E-state index >= 15 is 0 Å². The molecule has 2 aromatic heterocycles. The molecule has 0 radical (unpaired) electrons. The van der Waals surface area contributed by atoms with Gasteiger partial charge in [-0.3, -0.25) is 14.2 Å². The molecule has 1 aliphatic rings. The monoisotopic (exact) mass is 590 g/mol. The van der Waals surface area contributed by atoms with Crippen LogP contribution < -0.4 is 10.5 Å². The van der Waals surface area contributed by atoms with Crippen molar-refractivity contribution in [3.8, 4) is 11.8 Å². The van der Waals surface area contributed by atoms with Crippen LogP contribution in [0.2, 0.25) is 5.02 Å². The molecule has 2 aromatic carbocycles. The fraction of sp³-hybridized carbons (Fsp3) is 0.355. The van der Waals surface area contributed by atoms with E-state index in [2.05, 4.69) is 19.1 Å². The van der Waals surface area contributed by atoms with Gasteiger partial charge in [-0.25, -0.2) is 4.98 Å². The molecule has 5 rings (SSSR count). The number of nitriles is 1. The molecule has 0 N–H and O–H groups in total. The fourth-order valence-electron chi connectivity index (χ4n) is 5.29. The van der Waals surface area contributed by atoms with E-state index in [1.807, 2.05) is 45.0 Å². The third-order valence-corrected chi connectivity index (χ3v) is 9.78. The molecule has 1 unspecified atom stereocenters. The normalized spacial score (nSPS) is 14.7.